The van der Waals surface area contributed by atoms with Gasteiger partial charge in [-0.15, -0.1) is 34.5 Å². The molecule has 2 aliphatic heterocycles. The molecule has 0 fully saturated rings. The van der Waals surface area contributed by atoms with Gasteiger partial charge in [-0.1, -0.05) is 48.5 Å². The Morgan fingerprint density at radius 3 is 1.68 bits per heavy atom. The molecule has 2 N–H and O–H groups in total. The van der Waals surface area contributed by atoms with Crippen molar-refractivity contribution in [1.29, 1.82) is 0 Å². The maximum absolute atomic E-state index is 13.8. The summed E-state index contributed by atoms with van der Waals surface area (Å²) in [6.07, 6.45) is 0. The Hall–Kier alpha value is -3.78. The number of nitrogens with zero attached hydrogens (tertiary/aromatic N) is 2. The summed E-state index contributed by atoms with van der Waals surface area (Å²) in [5.41, 5.74) is 3.56. The molecule has 0 bridgehead atoms. The number of benzene rings is 4. The molecular weight excluding hydrogens is 579 g/mol. The minimum Gasteiger partial charge on any atom is -0.507 e. The molecule has 2 aliphatic rings. The Balaban J connectivity index is 1.23. The predicted molar refractivity (Wildman–Crippen MR) is 166 cm³/mol. The normalized spacial score (nSPS) is 17.8. The van der Waals surface area contributed by atoms with Crippen molar-refractivity contribution in [2.75, 3.05) is 34.6 Å². The number of carbonyl (C=O) groups excluding carboxylic acids is 2. The van der Waals surface area contributed by atoms with Gasteiger partial charge in [0.15, 0.2) is 0 Å². The van der Waals surface area contributed by atoms with Crippen molar-refractivity contribution in [1.82, 2.24) is 0 Å². The fourth-order valence-electron chi connectivity index (χ4n) is 6.34. The van der Waals surface area contributed by atoms with Crippen molar-refractivity contribution < 1.29 is 19.8 Å². The van der Waals surface area contributed by atoms with Gasteiger partial charge in [0.25, 0.3) is 11.8 Å². The number of aromatic hydroxyl groups is 2. The van der Waals surface area contributed by atoms with Crippen molar-refractivity contribution in [3.05, 3.63) is 93.7 Å². The number of amides is 2. The number of hydrogen-bond acceptors (Lipinski definition) is 5. The zero-order chi connectivity index (χ0) is 28.4. The summed E-state index contributed by atoms with van der Waals surface area (Å²) in [4.78, 5) is 31.3. The molecule has 206 valence electrons. The summed E-state index contributed by atoms with van der Waals surface area (Å²) in [5.74, 6) is 0.191. The highest BCUT2D eigenvalue weighted by atomic mass is 35.5. The molecule has 1 aromatic heterocycles. The number of halogens is 2. The first-order valence-corrected chi connectivity index (χ1v) is 15.2. The molecule has 2 atom stereocenters. The Kier molecular flexibility index (Phi) is 6.34. The van der Waals surface area contributed by atoms with Gasteiger partial charge in [0.1, 0.15) is 11.5 Å². The average molecular weight is 604 g/mol. The van der Waals surface area contributed by atoms with Gasteiger partial charge < -0.3 is 20.0 Å². The zero-order valence-corrected chi connectivity index (χ0v) is 24.0. The lowest BCUT2D eigenvalue weighted by Gasteiger charge is -2.18. The number of phenolic OH excluding ortho intramolecular Hbond substituents is 2. The van der Waals surface area contributed by atoms with E-state index in [4.69, 9.17) is 23.2 Å². The van der Waals surface area contributed by atoms with Gasteiger partial charge in [-0.3, -0.25) is 9.59 Å². The summed E-state index contributed by atoms with van der Waals surface area (Å²) in [6, 6.07) is 20.0. The van der Waals surface area contributed by atoms with E-state index < -0.39 is 0 Å². The number of thiophene rings is 1. The third-order valence-electron chi connectivity index (χ3n) is 8.21. The minimum atomic E-state index is -0.257. The fourth-order valence-corrected chi connectivity index (χ4v) is 7.67. The number of phenols is 2. The summed E-state index contributed by atoms with van der Waals surface area (Å²) in [5, 5.41) is 26.3. The van der Waals surface area contributed by atoms with Crippen LogP contribution in [0.15, 0.2) is 72.1 Å². The van der Waals surface area contributed by atoms with E-state index in [1.54, 1.807) is 33.4 Å². The van der Waals surface area contributed by atoms with Gasteiger partial charge >= 0.3 is 0 Å². The van der Waals surface area contributed by atoms with Gasteiger partial charge in [0, 0.05) is 65.0 Å². The van der Waals surface area contributed by atoms with Crippen LogP contribution in [0.4, 0.5) is 11.4 Å². The van der Waals surface area contributed by atoms with Crippen molar-refractivity contribution in [2.24, 2.45) is 0 Å². The van der Waals surface area contributed by atoms with Crippen molar-refractivity contribution in [3.8, 4) is 11.5 Å². The maximum Gasteiger partial charge on any atom is 0.268 e. The second-order valence-electron chi connectivity index (χ2n) is 10.5. The summed E-state index contributed by atoms with van der Waals surface area (Å²) >= 11 is 13.9. The topological polar surface area (TPSA) is 81.1 Å². The van der Waals surface area contributed by atoms with Crippen molar-refractivity contribution >= 4 is 79.3 Å². The SMILES string of the molecule is O=C(c1csc(C(=O)N2C[C@@H](CCl)c3c2cc(O)c2ccccc32)c1)N1C[C@@H](CCl)c2c1cc(O)c1ccccc21. The van der Waals surface area contributed by atoms with Crippen LogP contribution in [-0.2, 0) is 0 Å². The molecule has 7 rings (SSSR count). The molecule has 5 aromatic rings. The molecule has 0 aliphatic carbocycles. The molecule has 41 heavy (non-hydrogen) atoms. The molecule has 9 heteroatoms. The van der Waals surface area contributed by atoms with E-state index >= 15 is 0 Å². The number of rotatable bonds is 4. The van der Waals surface area contributed by atoms with Crippen LogP contribution in [0.2, 0.25) is 0 Å². The van der Waals surface area contributed by atoms with Crippen molar-refractivity contribution in [2.45, 2.75) is 11.8 Å². The van der Waals surface area contributed by atoms with E-state index in [1.807, 2.05) is 48.5 Å². The molecule has 6 nitrogen and oxygen atoms in total. The lowest BCUT2D eigenvalue weighted by molar-refractivity contribution is 0.0987. The first-order chi connectivity index (χ1) is 19.9. The van der Waals surface area contributed by atoms with Gasteiger partial charge in [-0.25, -0.2) is 0 Å². The molecule has 0 spiro atoms. The highest BCUT2D eigenvalue weighted by molar-refractivity contribution is 7.12. The smallest absolute Gasteiger partial charge is 0.268 e. The van der Waals surface area contributed by atoms with Crippen LogP contribution in [0.25, 0.3) is 21.5 Å². The maximum atomic E-state index is 13.8. The lowest BCUT2D eigenvalue weighted by atomic mass is 9.95. The lowest BCUT2D eigenvalue weighted by Crippen LogP contribution is -2.30. The van der Waals surface area contributed by atoms with E-state index in [9.17, 15) is 19.8 Å². The third kappa shape index (κ3) is 3.98. The van der Waals surface area contributed by atoms with E-state index in [0.29, 0.717) is 46.7 Å². The molecule has 3 heterocycles. The summed E-state index contributed by atoms with van der Waals surface area (Å²) in [6.45, 7) is 0.767. The van der Waals surface area contributed by atoms with Crippen LogP contribution in [0.3, 0.4) is 0 Å². The highest BCUT2D eigenvalue weighted by Crippen LogP contribution is 2.47. The largest absolute Gasteiger partial charge is 0.507 e. The average Bonchev–Trinajstić information content (AvgIpc) is 3.73. The molecule has 2 amide bonds. The van der Waals surface area contributed by atoms with Crippen LogP contribution in [0, 0.1) is 0 Å². The Bertz CT molecular complexity index is 1750. The van der Waals surface area contributed by atoms with E-state index in [0.717, 1.165) is 32.7 Å². The number of alkyl halides is 2. The predicted octanol–water partition coefficient (Wildman–Crippen LogP) is 7.43. The standard InChI is InChI=1S/C32H24Cl2N2O4S/c33-12-18-14-35(24-10-26(37)20-5-1-3-7-22(20)29(18)24)31(39)17-9-28(41-16-17)32(40)36-15-19(13-34)30-23-8-4-2-6-21(23)27(38)11-25(30)36/h1-11,16,18-19,37-38H,12-15H2/t18-,19-/m1/s1. The van der Waals surface area contributed by atoms with E-state index in [2.05, 4.69) is 0 Å². The Morgan fingerprint density at radius 2 is 1.20 bits per heavy atom. The summed E-state index contributed by atoms with van der Waals surface area (Å²) in [7, 11) is 0. The third-order valence-corrected chi connectivity index (χ3v) is 9.87. The van der Waals surface area contributed by atoms with Gasteiger partial charge in [-0.2, -0.15) is 0 Å². The second-order valence-corrected chi connectivity index (χ2v) is 12.0. The van der Waals surface area contributed by atoms with Crippen LogP contribution in [0.5, 0.6) is 11.5 Å². The quantitative estimate of drug-likeness (QED) is 0.210. The molecule has 4 aromatic carbocycles. The van der Waals surface area contributed by atoms with E-state index in [-0.39, 0.29) is 35.1 Å². The summed E-state index contributed by atoms with van der Waals surface area (Å²) < 4.78 is 0. The van der Waals surface area contributed by atoms with Gasteiger partial charge in [0.05, 0.1) is 21.8 Å². The highest BCUT2D eigenvalue weighted by Gasteiger charge is 2.37. The van der Waals surface area contributed by atoms with Gasteiger partial charge in [0.2, 0.25) is 0 Å². The number of fused-ring (bicyclic) bond motifs is 6. The monoisotopic (exact) mass is 602 g/mol. The Morgan fingerprint density at radius 1 is 0.732 bits per heavy atom. The van der Waals surface area contributed by atoms with Crippen LogP contribution in [-0.4, -0.2) is 46.9 Å². The molecule has 0 unspecified atom stereocenters. The van der Waals surface area contributed by atoms with Crippen molar-refractivity contribution in [3.63, 3.8) is 0 Å². The van der Waals surface area contributed by atoms with E-state index in [1.165, 1.54) is 11.3 Å². The number of carbonyl (C=O) groups is 2. The molecule has 0 saturated heterocycles. The Labute approximate surface area is 249 Å². The number of anilines is 2. The first-order valence-electron chi connectivity index (χ1n) is 13.2. The number of hydrogen-bond donors (Lipinski definition) is 2. The fraction of sp³-hybridized carbons (Fsp3) is 0.188. The van der Waals surface area contributed by atoms with Crippen LogP contribution < -0.4 is 9.80 Å². The zero-order valence-electron chi connectivity index (χ0n) is 21.7. The molecule has 0 saturated carbocycles. The molecule has 0 radical (unpaired) electrons. The van der Waals surface area contributed by atoms with Crippen LogP contribution >= 0.6 is 34.5 Å². The van der Waals surface area contributed by atoms with Crippen LogP contribution in [0.1, 0.15) is 43.0 Å². The van der Waals surface area contributed by atoms with Gasteiger partial charge in [-0.05, 0) is 28.0 Å². The molecular formula is C32H24Cl2N2O4S. The minimum absolute atomic E-state index is 0.0849. The first kappa shape index (κ1) is 26.1. The second kappa shape index (κ2) is 9.94.